The van der Waals surface area contributed by atoms with Gasteiger partial charge in [-0.2, -0.15) is 0 Å². The van der Waals surface area contributed by atoms with Gasteiger partial charge in [0.1, 0.15) is 0 Å². The van der Waals surface area contributed by atoms with Crippen LogP contribution in [0.15, 0.2) is 35.4 Å². The van der Waals surface area contributed by atoms with Crippen molar-refractivity contribution in [2.24, 2.45) is 5.92 Å². The van der Waals surface area contributed by atoms with Crippen LogP contribution in [0, 0.1) is 5.92 Å². The van der Waals surface area contributed by atoms with Gasteiger partial charge in [-0.1, -0.05) is 18.2 Å². The number of Topliss-reactive ketones (excluding diaryl/α,β-unsaturated/α-hetero) is 1. The van der Waals surface area contributed by atoms with Gasteiger partial charge in [0.2, 0.25) is 0 Å². The molecule has 2 aliphatic rings. The summed E-state index contributed by atoms with van der Waals surface area (Å²) in [6.07, 6.45) is 6.10. The minimum atomic E-state index is 0.0914. The van der Waals surface area contributed by atoms with Gasteiger partial charge in [-0.05, 0) is 31.7 Å². The van der Waals surface area contributed by atoms with Crippen molar-refractivity contribution < 1.29 is 9.53 Å². The Morgan fingerprint density at radius 2 is 2.11 bits per heavy atom. The number of thiazole rings is 1. The van der Waals surface area contributed by atoms with Gasteiger partial charge in [0.05, 0.1) is 13.2 Å². The molecule has 2 saturated heterocycles. The number of nitrogens with zero attached hydrogens (tertiary/aromatic N) is 3. The third-order valence-electron chi connectivity index (χ3n) is 5.45. The first-order chi connectivity index (χ1) is 13.7. The van der Waals surface area contributed by atoms with Crippen LogP contribution in [-0.4, -0.2) is 61.3 Å². The van der Waals surface area contributed by atoms with Crippen LogP contribution in [0.2, 0.25) is 0 Å². The van der Waals surface area contributed by atoms with Crippen molar-refractivity contribution in [3.63, 3.8) is 0 Å². The van der Waals surface area contributed by atoms with Gasteiger partial charge in [0, 0.05) is 53.6 Å². The smallest absolute Gasteiger partial charge is 0.185 e. The van der Waals surface area contributed by atoms with Crippen LogP contribution >= 0.6 is 23.1 Å². The molecule has 2 aliphatic heterocycles. The highest BCUT2D eigenvalue weighted by atomic mass is 32.2. The van der Waals surface area contributed by atoms with Crippen molar-refractivity contribution >= 4 is 34.0 Å². The van der Waals surface area contributed by atoms with Crippen LogP contribution in [0.5, 0.6) is 0 Å². The summed E-state index contributed by atoms with van der Waals surface area (Å²) in [4.78, 5) is 24.8. The first kappa shape index (κ1) is 19.9. The fourth-order valence-electron chi connectivity index (χ4n) is 3.97. The molecule has 1 unspecified atom stereocenters. The van der Waals surface area contributed by atoms with Crippen molar-refractivity contribution in [3.8, 4) is 0 Å². The maximum Gasteiger partial charge on any atom is 0.185 e. The summed E-state index contributed by atoms with van der Waals surface area (Å²) in [7, 11) is 0. The summed E-state index contributed by atoms with van der Waals surface area (Å²) in [5.41, 5.74) is 0.884. The zero-order valence-electron chi connectivity index (χ0n) is 16.3. The molecule has 0 bridgehead atoms. The number of carbonyl (C=O) groups excluding carboxylic acids is 1. The molecule has 0 N–H and O–H groups in total. The number of thioether (sulfide) groups is 1. The van der Waals surface area contributed by atoms with E-state index in [2.05, 4.69) is 14.8 Å². The number of aromatic nitrogens is 1. The van der Waals surface area contributed by atoms with Crippen LogP contribution in [0.3, 0.4) is 0 Å². The lowest BCUT2D eigenvalue weighted by atomic mass is 9.90. The maximum atomic E-state index is 13.1. The molecule has 0 amide bonds. The van der Waals surface area contributed by atoms with E-state index in [1.165, 1.54) is 4.88 Å². The molecular formula is C21H27N3O2S2. The Morgan fingerprint density at radius 1 is 1.29 bits per heavy atom. The molecule has 0 spiro atoms. The molecule has 28 heavy (non-hydrogen) atoms. The molecule has 1 atom stereocenters. The highest BCUT2D eigenvalue weighted by molar-refractivity contribution is 7.98. The number of ketones is 1. The van der Waals surface area contributed by atoms with E-state index in [4.69, 9.17) is 4.74 Å². The standard InChI is InChI=1S/C21H27N3O2S2/c1-27-19-7-3-2-6-18(19)20(25)16-5-4-8-23(14-16)15-17-13-22-21(28-17)24-9-11-26-12-10-24/h2-3,6-7,13,16H,4-5,8-12,14-15H2,1H3. The first-order valence-corrected chi connectivity index (χ1v) is 12.0. The van der Waals surface area contributed by atoms with Gasteiger partial charge >= 0.3 is 0 Å². The predicted molar refractivity (Wildman–Crippen MR) is 116 cm³/mol. The van der Waals surface area contributed by atoms with E-state index in [0.29, 0.717) is 5.78 Å². The van der Waals surface area contributed by atoms with Gasteiger partial charge in [0.15, 0.2) is 10.9 Å². The minimum Gasteiger partial charge on any atom is -0.378 e. The monoisotopic (exact) mass is 417 g/mol. The summed E-state index contributed by atoms with van der Waals surface area (Å²) < 4.78 is 5.43. The largest absolute Gasteiger partial charge is 0.378 e. The fraction of sp³-hybridized carbons (Fsp3) is 0.524. The Kier molecular flexibility index (Phi) is 6.67. The molecular weight excluding hydrogens is 390 g/mol. The lowest BCUT2D eigenvalue weighted by molar-refractivity contribution is 0.0809. The van der Waals surface area contributed by atoms with E-state index in [9.17, 15) is 4.79 Å². The molecule has 1 aromatic heterocycles. The number of hydrogen-bond acceptors (Lipinski definition) is 7. The first-order valence-electron chi connectivity index (χ1n) is 9.91. The van der Waals surface area contributed by atoms with Crippen LogP contribution in [0.4, 0.5) is 5.13 Å². The molecule has 0 radical (unpaired) electrons. The van der Waals surface area contributed by atoms with Gasteiger partial charge in [-0.3, -0.25) is 9.69 Å². The summed E-state index contributed by atoms with van der Waals surface area (Å²) in [6.45, 7) is 6.18. The second-order valence-electron chi connectivity index (χ2n) is 7.35. The number of morpholine rings is 1. The Labute approximate surface area is 175 Å². The topological polar surface area (TPSA) is 45.7 Å². The van der Waals surface area contributed by atoms with Gasteiger partial charge in [0.25, 0.3) is 0 Å². The van der Waals surface area contributed by atoms with Crippen molar-refractivity contribution in [2.45, 2.75) is 24.3 Å². The van der Waals surface area contributed by atoms with Crippen molar-refractivity contribution in [3.05, 3.63) is 40.9 Å². The Bertz CT molecular complexity index is 804. The van der Waals surface area contributed by atoms with E-state index in [0.717, 1.165) is 74.4 Å². The number of carbonyl (C=O) groups is 1. The minimum absolute atomic E-state index is 0.0914. The highest BCUT2D eigenvalue weighted by Crippen LogP contribution is 2.29. The molecule has 1 aromatic carbocycles. The molecule has 150 valence electrons. The zero-order chi connectivity index (χ0) is 19.3. The number of hydrogen-bond donors (Lipinski definition) is 0. The molecule has 4 rings (SSSR count). The zero-order valence-corrected chi connectivity index (χ0v) is 17.9. The Balaban J connectivity index is 1.39. The van der Waals surface area contributed by atoms with Crippen molar-refractivity contribution in [2.75, 3.05) is 50.5 Å². The van der Waals surface area contributed by atoms with Crippen LogP contribution in [-0.2, 0) is 11.3 Å². The number of rotatable bonds is 6. The Morgan fingerprint density at radius 3 is 2.93 bits per heavy atom. The highest BCUT2D eigenvalue weighted by Gasteiger charge is 2.28. The number of anilines is 1. The second-order valence-corrected chi connectivity index (χ2v) is 9.29. The lowest BCUT2D eigenvalue weighted by Crippen LogP contribution is -2.38. The SMILES string of the molecule is CSc1ccccc1C(=O)C1CCCN(Cc2cnc(N3CCOCC3)s2)C1. The third-order valence-corrected chi connectivity index (χ3v) is 7.29. The maximum absolute atomic E-state index is 13.1. The number of benzene rings is 1. The normalized spacial score (nSPS) is 21.0. The third kappa shape index (κ3) is 4.59. The Hall–Kier alpha value is -1.41. The summed E-state index contributed by atoms with van der Waals surface area (Å²) >= 11 is 3.43. The van der Waals surface area contributed by atoms with Crippen LogP contribution in [0.1, 0.15) is 28.1 Å². The van der Waals surface area contributed by atoms with E-state index in [-0.39, 0.29) is 5.92 Å². The quantitative estimate of drug-likeness (QED) is 0.526. The molecule has 2 fully saturated rings. The predicted octanol–water partition coefficient (Wildman–Crippen LogP) is 3.80. The summed E-state index contributed by atoms with van der Waals surface area (Å²) in [6, 6.07) is 8.00. The van der Waals surface area contributed by atoms with E-state index in [1.54, 1.807) is 23.1 Å². The lowest BCUT2D eigenvalue weighted by Gasteiger charge is -2.31. The fourth-order valence-corrected chi connectivity index (χ4v) is 5.58. The van der Waals surface area contributed by atoms with Crippen molar-refractivity contribution in [1.29, 1.82) is 0 Å². The molecule has 3 heterocycles. The summed E-state index contributed by atoms with van der Waals surface area (Å²) in [5.74, 6) is 0.390. The molecule has 5 nitrogen and oxygen atoms in total. The van der Waals surface area contributed by atoms with E-state index >= 15 is 0 Å². The second kappa shape index (κ2) is 9.39. The number of likely N-dealkylation sites (tertiary alicyclic amines) is 1. The van der Waals surface area contributed by atoms with E-state index in [1.807, 2.05) is 36.7 Å². The summed E-state index contributed by atoms with van der Waals surface area (Å²) in [5, 5.41) is 1.09. The van der Waals surface area contributed by atoms with Gasteiger partial charge < -0.3 is 9.64 Å². The van der Waals surface area contributed by atoms with E-state index < -0.39 is 0 Å². The van der Waals surface area contributed by atoms with Gasteiger partial charge in [-0.15, -0.1) is 23.1 Å². The molecule has 2 aromatic rings. The van der Waals surface area contributed by atoms with Crippen molar-refractivity contribution in [1.82, 2.24) is 9.88 Å². The molecule has 0 saturated carbocycles. The molecule has 0 aliphatic carbocycles. The number of piperidine rings is 1. The average Bonchev–Trinajstić information content (AvgIpc) is 3.22. The van der Waals surface area contributed by atoms with Crippen LogP contribution in [0.25, 0.3) is 0 Å². The van der Waals surface area contributed by atoms with Crippen LogP contribution < -0.4 is 4.90 Å². The van der Waals surface area contributed by atoms with Gasteiger partial charge in [-0.25, -0.2) is 4.98 Å². The molecule has 7 heteroatoms. The average molecular weight is 418 g/mol. The number of ether oxygens (including phenoxy) is 1.